The van der Waals surface area contributed by atoms with Crippen molar-refractivity contribution in [3.8, 4) is 0 Å². The van der Waals surface area contributed by atoms with Crippen molar-refractivity contribution in [2.24, 2.45) is 0 Å². The third kappa shape index (κ3) is 4.65. The van der Waals surface area contributed by atoms with Crippen LogP contribution in [0.5, 0.6) is 0 Å². The molecule has 8 heteroatoms. The molecule has 0 spiro atoms. The molecule has 26 heavy (non-hydrogen) atoms. The summed E-state index contributed by atoms with van der Waals surface area (Å²) in [5, 5.41) is 11.7. The van der Waals surface area contributed by atoms with Gasteiger partial charge in [-0.15, -0.1) is 0 Å². The van der Waals surface area contributed by atoms with Gasteiger partial charge in [0.2, 0.25) is 0 Å². The van der Waals surface area contributed by atoms with Crippen LogP contribution in [0, 0.1) is 0 Å². The number of furan rings is 1. The van der Waals surface area contributed by atoms with E-state index in [0.29, 0.717) is 18.4 Å². The number of hydrogen-bond donors (Lipinski definition) is 2. The first-order valence-corrected chi connectivity index (χ1v) is 7.94. The van der Waals surface area contributed by atoms with Gasteiger partial charge in [0.1, 0.15) is 11.3 Å². The van der Waals surface area contributed by atoms with Gasteiger partial charge in [0, 0.05) is 18.5 Å². The number of carbonyl (C=O) groups excluding carboxylic acids is 1. The summed E-state index contributed by atoms with van der Waals surface area (Å²) < 4.78 is 42.9. The van der Waals surface area contributed by atoms with Crippen LogP contribution in [0.25, 0.3) is 0 Å². The lowest BCUT2D eigenvalue weighted by Gasteiger charge is -2.14. The predicted octanol–water partition coefficient (Wildman–Crippen LogP) is 3.92. The Bertz CT molecular complexity index is 794. The van der Waals surface area contributed by atoms with Crippen molar-refractivity contribution in [3.05, 3.63) is 58.5 Å². The summed E-state index contributed by atoms with van der Waals surface area (Å²) >= 11 is 0. The van der Waals surface area contributed by atoms with Crippen molar-refractivity contribution in [3.63, 3.8) is 0 Å². The van der Waals surface area contributed by atoms with Crippen LogP contribution >= 0.6 is 0 Å². The topological polar surface area (TPSA) is 79.5 Å². The number of halogens is 3. The van der Waals surface area contributed by atoms with Gasteiger partial charge in [0.05, 0.1) is 5.56 Å². The molecule has 0 saturated heterocycles. The van der Waals surface area contributed by atoms with E-state index in [1.807, 2.05) is 0 Å². The van der Waals surface area contributed by atoms with Gasteiger partial charge < -0.3 is 14.8 Å². The molecule has 0 aliphatic heterocycles. The van der Waals surface area contributed by atoms with E-state index < -0.39 is 23.6 Å². The molecule has 1 heterocycles. The molecule has 0 aliphatic carbocycles. The Kier molecular flexibility index (Phi) is 5.74. The number of nitrogens with one attached hydrogen (secondary N) is 1. The molecule has 0 bridgehead atoms. The number of amides is 1. The smallest absolute Gasteiger partial charge is 0.416 e. The van der Waals surface area contributed by atoms with Crippen molar-refractivity contribution in [2.45, 2.75) is 38.9 Å². The lowest BCUT2D eigenvalue weighted by atomic mass is 10.0. The molecule has 1 amide bonds. The number of aromatic carboxylic acids is 1. The van der Waals surface area contributed by atoms with E-state index in [0.717, 1.165) is 12.1 Å². The van der Waals surface area contributed by atoms with Gasteiger partial charge in [-0.3, -0.25) is 4.79 Å². The van der Waals surface area contributed by atoms with E-state index >= 15 is 0 Å². The second-order valence-corrected chi connectivity index (χ2v) is 5.88. The minimum atomic E-state index is -4.39. The van der Waals surface area contributed by atoms with Gasteiger partial charge in [-0.25, -0.2) is 4.79 Å². The van der Waals surface area contributed by atoms with Gasteiger partial charge >= 0.3 is 12.1 Å². The zero-order valence-electron chi connectivity index (χ0n) is 14.2. The van der Waals surface area contributed by atoms with E-state index in [9.17, 15) is 22.8 Å². The zero-order valence-corrected chi connectivity index (χ0v) is 14.2. The molecular weight excluding hydrogens is 351 g/mol. The summed E-state index contributed by atoms with van der Waals surface area (Å²) in [7, 11) is 0. The Hall–Kier alpha value is -2.77. The minimum absolute atomic E-state index is 0.0620. The molecule has 2 rings (SSSR count). The maximum atomic E-state index is 12.6. The van der Waals surface area contributed by atoms with Crippen molar-refractivity contribution >= 4 is 11.9 Å². The van der Waals surface area contributed by atoms with Gasteiger partial charge in [-0.2, -0.15) is 13.2 Å². The summed E-state index contributed by atoms with van der Waals surface area (Å²) in [5.74, 6) is -1.66. The highest BCUT2D eigenvalue weighted by Crippen LogP contribution is 2.29. The van der Waals surface area contributed by atoms with Gasteiger partial charge in [0.15, 0.2) is 5.76 Å². The summed E-state index contributed by atoms with van der Waals surface area (Å²) in [6.07, 6.45) is -3.75. The first-order chi connectivity index (χ1) is 12.1. The first kappa shape index (κ1) is 19.6. The lowest BCUT2D eigenvalue weighted by molar-refractivity contribution is -0.137. The Labute approximate surface area is 147 Å². The molecule has 0 saturated carbocycles. The van der Waals surface area contributed by atoms with Gasteiger partial charge in [-0.05, 0) is 31.0 Å². The molecule has 1 atom stereocenters. The van der Waals surface area contributed by atoms with Crippen LogP contribution in [0.3, 0.4) is 0 Å². The summed E-state index contributed by atoms with van der Waals surface area (Å²) in [6.45, 7) is 3.40. The van der Waals surface area contributed by atoms with Crippen molar-refractivity contribution in [1.29, 1.82) is 0 Å². The highest BCUT2D eigenvalue weighted by molar-refractivity contribution is 5.96. The fourth-order valence-corrected chi connectivity index (χ4v) is 2.51. The molecule has 0 aliphatic rings. The largest absolute Gasteiger partial charge is 0.478 e. The number of benzene rings is 1. The van der Waals surface area contributed by atoms with Crippen molar-refractivity contribution < 1.29 is 32.3 Å². The third-order valence-electron chi connectivity index (χ3n) is 3.78. The summed E-state index contributed by atoms with van der Waals surface area (Å²) in [5.41, 5.74) is -0.166. The van der Waals surface area contributed by atoms with E-state index in [-0.39, 0.29) is 23.1 Å². The minimum Gasteiger partial charge on any atom is -0.478 e. The van der Waals surface area contributed by atoms with Crippen LogP contribution in [0.1, 0.15) is 51.6 Å². The van der Waals surface area contributed by atoms with Gasteiger partial charge in [-0.1, -0.05) is 19.1 Å². The lowest BCUT2D eigenvalue weighted by Crippen LogP contribution is -2.33. The van der Waals surface area contributed by atoms with E-state index in [1.54, 1.807) is 13.8 Å². The zero-order chi connectivity index (χ0) is 19.5. The highest BCUT2D eigenvalue weighted by Gasteiger charge is 2.30. The molecule has 0 radical (unpaired) electrons. The van der Waals surface area contributed by atoms with Gasteiger partial charge in [0.25, 0.3) is 5.91 Å². The Balaban J connectivity index is 2.02. The quantitative estimate of drug-likeness (QED) is 0.809. The number of rotatable bonds is 6. The predicted molar refractivity (Wildman–Crippen MR) is 87.1 cm³/mol. The van der Waals surface area contributed by atoms with Crippen molar-refractivity contribution in [1.82, 2.24) is 5.32 Å². The SMILES string of the molecule is CCc1oc(C(=O)NC(C)Cc2ccc(C(F)(F)F)cc2)cc1C(=O)O. The van der Waals surface area contributed by atoms with E-state index in [2.05, 4.69) is 5.32 Å². The third-order valence-corrected chi connectivity index (χ3v) is 3.78. The fourth-order valence-electron chi connectivity index (χ4n) is 2.51. The normalized spacial score (nSPS) is 12.7. The molecule has 2 aromatic rings. The number of alkyl halides is 3. The molecule has 140 valence electrons. The average Bonchev–Trinajstić information content (AvgIpc) is 2.99. The molecule has 2 N–H and O–H groups in total. The van der Waals surface area contributed by atoms with Crippen molar-refractivity contribution in [2.75, 3.05) is 0 Å². The second-order valence-electron chi connectivity index (χ2n) is 5.88. The highest BCUT2D eigenvalue weighted by atomic mass is 19.4. The number of carboxylic acids is 1. The second kappa shape index (κ2) is 7.63. The van der Waals surface area contributed by atoms with E-state index in [1.165, 1.54) is 18.2 Å². The maximum Gasteiger partial charge on any atom is 0.416 e. The number of carboxylic acid groups (broad SMARTS) is 1. The standard InChI is InChI=1S/C18H18F3NO4/c1-3-14-13(17(24)25)9-15(26-14)16(23)22-10(2)8-11-4-6-12(7-5-11)18(19,20)21/h4-7,9-10H,3,8H2,1-2H3,(H,22,23)(H,24,25). The van der Waals surface area contributed by atoms with Crippen LogP contribution in [0.4, 0.5) is 13.2 Å². The molecule has 1 aromatic carbocycles. The number of carbonyl (C=O) groups is 2. The Morgan fingerprint density at radius 1 is 1.23 bits per heavy atom. The van der Waals surface area contributed by atoms with Crippen LogP contribution < -0.4 is 5.32 Å². The monoisotopic (exact) mass is 369 g/mol. The Morgan fingerprint density at radius 2 is 1.85 bits per heavy atom. The van der Waals surface area contributed by atoms with Crippen LogP contribution in [0.2, 0.25) is 0 Å². The molecule has 1 unspecified atom stereocenters. The maximum absolute atomic E-state index is 12.6. The van der Waals surface area contributed by atoms with E-state index in [4.69, 9.17) is 9.52 Å². The fraction of sp³-hybridized carbons (Fsp3) is 0.333. The van der Waals surface area contributed by atoms with Crippen LogP contribution in [0.15, 0.2) is 34.7 Å². The summed E-state index contributed by atoms with van der Waals surface area (Å²) in [6, 6.07) is 5.47. The van der Waals surface area contributed by atoms with Crippen LogP contribution in [-0.4, -0.2) is 23.0 Å². The number of hydrogen-bond acceptors (Lipinski definition) is 3. The molecule has 5 nitrogen and oxygen atoms in total. The van der Waals surface area contributed by atoms with Crippen LogP contribution in [-0.2, 0) is 19.0 Å². The molecule has 1 aromatic heterocycles. The first-order valence-electron chi connectivity index (χ1n) is 7.94. The molecular formula is C18H18F3NO4. The molecule has 0 fully saturated rings. The Morgan fingerprint density at radius 3 is 2.31 bits per heavy atom. The summed E-state index contributed by atoms with van der Waals surface area (Å²) in [4.78, 5) is 23.3. The number of aryl methyl sites for hydroxylation is 1. The average molecular weight is 369 g/mol.